The number of halogens is 1. The number of hydrogen-bond donors (Lipinski definition) is 0. The van der Waals surface area contributed by atoms with Crippen molar-refractivity contribution in [2.45, 2.75) is 12.5 Å². The molecule has 20 heavy (non-hydrogen) atoms. The number of carbonyl (C=O) groups excluding carboxylic acids is 1. The topological polar surface area (TPSA) is 68.5 Å². The molecule has 1 saturated heterocycles. The molecule has 2 aromatic heterocycles. The predicted octanol–water partition coefficient (Wildman–Crippen LogP) is 2.13. The van der Waals surface area contributed by atoms with Crippen LogP contribution in [0.25, 0.3) is 0 Å². The second-order valence-electron chi connectivity index (χ2n) is 4.43. The lowest BCUT2D eigenvalue weighted by Crippen LogP contribution is -2.30. The number of rotatable bonds is 3. The molecule has 0 unspecified atom stereocenters. The minimum Gasteiger partial charge on any atom is -0.472 e. The van der Waals surface area contributed by atoms with Gasteiger partial charge in [0.2, 0.25) is 5.88 Å². The van der Waals surface area contributed by atoms with Crippen LogP contribution in [0.2, 0.25) is 0 Å². The number of hydrogen-bond acceptors (Lipinski definition) is 5. The van der Waals surface area contributed by atoms with Gasteiger partial charge in [0.15, 0.2) is 10.4 Å². The third kappa shape index (κ3) is 2.82. The Bertz CT molecular complexity index is 602. The van der Waals surface area contributed by atoms with Gasteiger partial charge in [0, 0.05) is 25.2 Å². The van der Waals surface area contributed by atoms with Gasteiger partial charge in [0.05, 0.1) is 6.54 Å². The minimum absolute atomic E-state index is 0.0488. The van der Waals surface area contributed by atoms with Crippen LogP contribution in [0.1, 0.15) is 17.0 Å². The molecule has 0 aliphatic carbocycles. The van der Waals surface area contributed by atoms with Crippen LogP contribution < -0.4 is 4.74 Å². The van der Waals surface area contributed by atoms with Crippen molar-refractivity contribution in [2.24, 2.45) is 0 Å². The summed E-state index contributed by atoms with van der Waals surface area (Å²) in [5.74, 6) is 0.740. The SMILES string of the molecule is O=C(c1ccc(Br)o1)N1CC[C@H](Oc2ccncn2)C1. The summed E-state index contributed by atoms with van der Waals surface area (Å²) in [6.45, 7) is 1.17. The van der Waals surface area contributed by atoms with Gasteiger partial charge in [-0.25, -0.2) is 9.97 Å². The average molecular weight is 338 g/mol. The van der Waals surface area contributed by atoms with E-state index in [1.54, 1.807) is 29.3 Å². The Kier molecular flexibility index (Phi) is 3.68. The van der Waals surface area contributed by atoms with Gasteiger partial charge in [-0.1, -0.05) is 0 Å². The van der Waals surface area contributed by atoms with Crippen LogP contribution in [0.5, 0.6) is 5.88 Å². The van der Waals surface area contributed by atoms with Crippen LogP contribution in [0.15, 0.2) is 39.8 Å². The van der Waals surface area contributed by atoms with Crippen molar-refractivity contribution >= 4 is 21.8 Å². The zero-order chi connectivity index (χ0) is 13.9. The van der Waals surface area contributed by atoms with Crippen molar-refractivity contribution in [3.05, 3.63) is 41.2 Å². The Balaban J connectivity index is 1.61. The van der Waals surface area contributed by atoms with E-state index in [9.17, 15) is 4.79 Å². The molecule has 3 rings (SSSR count). The number of furan rings is 1. The zero-order valence-electron chi connectivity index (χ0n) is 10.5. The molecule has 1 fully saturated rings. The second-order valence-corrected chi connectivity index (χ2v) is 5.21. The molecule has 7 heteroatoms. The maximum Gasteiger partial charge on any atom is 0.289 e. The van der Waals surface area contributed by atoms with E-state index in [0.717, 1.165) is 6.42 Å². The Morgan fingerprint density at radius 1 is 1.45 bits per heavy atom. The van der Waals surface area contributed by atoms with E-state index < -0.39 is 0 Å². The summed E-state index contributed by atoms with van der Waals surface area (Å²) in [6.07, 6.45) is 3.79. The van der Waals surface area contributed by atoms with E-state index in [2.05, 4.69) is 25.9 Å². The summed E-state index contributed by atoms with van der Waals surface area (Å²) in [5.41, 5.74) is 0. The molecule has 1 aliphatic rings. The van der Waals surface area contributed by atoms with E-state index in [4.69, 9.17) is 9.15 Å². The molecule has 0 aromatic carbocycles. The lowest BCUT2D eigenvalue weighted by molar-refractivity contribution is 0.0738. The maximum atomic E-state index is 12.2. The quantitative estimate of drug-likeness (QED) is 0.858. The van der Waals surface area contributed by atoms with Gasteiger partial charge >= 0.3 is 0 Å². The van der Waals surface area contributed by atoms with Crippen LogP contribution >= 0.6 is 15.9 Å². The molecule has 6 nitrogen and oxygen atoms in total. The molecule has 1 aliphatic heterocycles. The lowest BCUT2D eigenvalue weighted by Gasteiger charge is -2.15. The van der Waals surface area contributed by atoms with Gasteiger partial charge in [0.25, 0.3) is 5.91 Å². The highest BCUT2D eigenvalue weighted by atomic mass is 79.9. The fraction of sp³-hybridized carbons (Fsp3) is 0.308. The van der Waals surface area contributed by atoms with Gasteiger partial charge in [-0.15, -0.1) is 0 Å². The monoisotopic (exact) mass is 337 g/mol. The van der Waals surface area contributed by atoms with Crippen LogP contribution in [0, 0.1) is 0 Å². The van der Waals surface area contributed by atoms with E-state index >= 15 is 0 Å². The molecule has 2 aromatic rings. The molecule has 3 heterocycles. The summed E-state index contributed by atoms with van der Waals surface area (Å²) < 4.78 is 11.5. The average Bonchev–Trinajstić information content (AvgIpc) is 3.08. The third-order valence-corrected chi connectivity index (χ3v) is 3.48. The fourth-order valence-corrected chi connectivity index (χ4v) is 2.42. The molecule has 1 atom stereocenters. The van der Waals surface area contributed by atoms with Gasteiger partial charge in [-0.05, 0) is 28.1 Å². The first-order chi connectivity index (χ1) is 9.72. The van der Waals surface area contributed by atoms with Crippen LogP contribution in [0.4, 0.5) is 0 Å². The molecule has 104 valence electrons. The Morgan fingerprint density at radius 3 is 3.05 bits per heavy atom. The summed E-state index contributed by atoms with van der Waals surface area (Å²) in [5, 5.41) is 0. The summed E-state index contributed by atoms with van der Waals surface area (Å²) in [7, 11) is 0. The number of nitrogens with zero attached hydrogens (tertiary/aromatic N) is 3. The molecule has 0 saturated carbocycles. The summed E-state index contributed by atoms with van der Waals surface area (Å²) in [6, 6.07) is 5.07. The van der Waals surface area contributed by atoms with Crippen molar-refractivity contribution in [3.63, 3.8) is 0 Å². The Labute approximate surface area is 123 Å². The highest BCUT2D eigenvalue weighted by molar-refractivity contribution is 9.10. The number of carbonyl (C=O) groups is 1. The van der Waals surface area contributed by atoms with Crippen molar-refractivity contribution in [1.29, 1.82) is 0 Å². The van der Waals surface area contributed by atoms with Crippen LogP contribution in [0.3, 0.4) is 0 Å². The molecule has 1 amide bonds. The summed E-state index contributed by atoms with van der Waals surface area (Å²) >= 11 is 3.19. The maximum absolute atomic E-state index is 12.2. The smallest absolute Gasteiger partial charge is 0.289 e. The first-order valence-electron chi connectivity index (χ1n) is 6.19. The van der Waals surface area contributed by atoms with E-state index in [1.165, 1.54) is 6.33 Å². The highest BCUT2D eigenvalue weighted by Gasteiger charge is 2.29. The lowest BCUT2D eigenvalue weighted by atomic mass is 10.3. The molecule has 0 radical (unpaired) electrons. The Morgan fingerprint density at radius 2 is 2.35 bits per heavy atom. The van der Waals surface area contributed by atoms with Crippen molar-refractivity contribution in [1.82, 2.24) is 14.9 Å². The van der Waals surface area contributed by atoms with Crippen LogP contribution in [-0.2, 0) is 0 Å². The van der Waals surface area contributed by atoms with Gasteiger partial charge in [-0.3, -0.25) is 4.79 Å². The normalized spacial score (nSPS) is 18.2. The van der Waals surface area contributed by atoms with E-state index in [-0.39, 0.29) is 12.0 Å². The van der Waals surface area contributed by atoms with Crippen molar-refractivity contribution in [2.75, 3.05) is 13.1 Å². The van der Waals surface area contributed by atoms with Crippen molar-refractivity contribution < 1.29 is 13.9 Å². The number of amides is 1. The third-order valence-electron chi connectivity index (χ3n) is 3.06. The Hall–Kier alpha value is -1.89. The molecule has 0 bridgehead atoms. The molecule has 0 spiro atoms. The molecular formula is C13H12BrN3O3. The van der Waals surface area contributed by atoms with Crippen LogP contribution in [-0.4, -0.2) is 40.0 Å². The molecular weight excluding hydrogens is 326 g/mol. The first kappa shape index (κ1) is 13.1. The highest BCUT2D eigenvalue weighted by Crippen LogP contribution is 2.20. The number of aromatic nitrogens is 2. The zero-order valence-corrected chi connectivity index (χ0v) is 12.1. The molecule has 0 N–H and O–H groups in total. The number of ether oxygens (including phenoxy) is 1. The minimum atomic E-state index is -0.121. The van der Waals surface area contributed by atoms with Gasteiger partial charge in [-0.2, -0.15) is 0 Å². The predicted molar refractivity (Wildman–Crippen MR) is 73.4 cm³/mol. The van der Waals surface area contributed by atoms with Crippen molar-refractivity contribution in [3.8, 4) is 5.88 Å². The largest absolute Gasteiger partial charge is 0.472 e. The standard InChI is InChI=1S/C13H12BrN3O3/c14-11-2-1-10(20-11)13(18)17-6-4-9(7-17)19-12-3-5-15-8-16-12/h1-3,5,8-9H,4,6-7H2/t9-/m0/s1. The van der Waals surface area contributed by atoms with E-state index in [0.29, 0.717) is 29.4 Å². The van der Waals surface area contributed by atoms with Gasteiger partial charge < -0.3 is 14.1 Å². The second kappa shape index (κ2) is 5.62. The summed E-state index contributed by atoms with van der Waals surface area (Å²) in [4.78, 5) is 21.8. The fourth-order valence-electron chi connectivity index (χ4n) is 2.11. The number of likely N-dealkylation sites (tertiary alicyclic amines) is 1. The first-order valence-corrected chi connectivity index (χ1v) is 6.99. The van der Waals surface area contributed by atoms with Gasteiger partial charge in [0.1, 0.15) is 12.4 Å². The van der Waals surface area contributed by atoms with E-state index in [1.807, 2.05) is 0 Å².